The van der Waals surface area contributed by atoms with E-state index in [0.717, 1.165) is 13.0 Å². The summed E-state index contributed by atoms with van der Waals surface area (Å²) in [7, 11) is 0. The number of rotatable bonds is 5. The lowest BCUT2D eigenvalue weighted by molar-refractivity contribution is 0.382. The molecule has 0 amide bonds. The summed E-state index contributed by atoms with van der Waals surface area (Å²) in [4.78, 5) is 0. The largest absolute Gasteiger partial charge is 0.252 e. The highest BCUT2D eigenvalue weighted by atomic mass is 19.2. The Balaban J connectivity index is 3.01. The zero-order valence-corrected chi connectivity index (χ0v) is 14.8. The van der Waals surface area contributed by atoms with Crippen LogP contribution in [-0.4, -0.2) is 6.71 Å². The van der Waals surface area contributed by atoms with Crippen LogP contribution in [0.15, 0.2) is 11.5 Å². The minimum Gasteiger partial charge on any atom is -0.204 e. The molecule has 0 aliphatic carbocycles. The van der Waals surface area contributed by atoms with Gasteiger partial charge in [-0.05, 0) is 6.42 Å². The smallest absolute Gasteiger partial charge is 0.204 e. The molecule has 2 aromatic rings. The maximum Gasteiger partial charge on any atom is 0.252 e. The van der Waals surface area contributed by atoms with E-state index < -0.39 is 75.8 Å². The number of benzene rings is 2. The molecular formula is C18H11BF10. The van der Waals surface area contributed by atoms with E-state index in [9.17, 15) is 43.9 Å². The Morgan fingerprint density at radius 1 is 0.586 bits per heavy atom. The molecule has 0 aliphatic heterocycles. The molecular weight excluding hydrogens is 417 g/mol. The van der Waals surface area contributed by atoms with E-state index in [4.69, 9.17) is 0 Å². The molecule has 0 fully saturated rings. The van der Waals surface area contributed by atoms with Crippen LogP contribution in [0.25, 0.3) is 0 Å². The van der Waals surface area contributed by atoms with Crippen molar-refractivity contribution < 1.29 is 43.9 Å². The van der Waals surface area contributed by atoms with Crippen molar-refractivity contribution >= 4 is 17.6 Å². The highest BCUT2D eigenvalue weighted by Gasteiger charge is 2.40. The molecule has 0 radical (unpaired) electrons. The van der Waals surface area contributed by atoms with Crippen LogP contribution in [0.1, 0.15) is 26.7 Å². The first-order chi connectivity index (χ1) is 13.5. The Morgan fingerprint density at radius 2 is 0.862 bits per heavy atom. The fraction of sp³-hybridized carbons (Fsp3) is 0.222. The third kappa shape index (κ3) is 3.74. The SMILES string of the molecule is CCC/C=C(/C)B(c1c(F)c(F)c(F)c(F)c1F)c1c(F)c(F)c(F)c(F)c1F. The zero-order chi connectivity index (χ0) is 22.2. The zero-order valence-electron chi connectivity index (χ0n) is 14.8. The van der Waals surface area contributed by atoms with E-state index in [-0.39, 0.29) is 11.9 Å². The highest BCUT2D eigenvalue weighted by molar-refractivity contribution is 6.91. The summed E-state index contributed by atoms with van der Waals surface area (Å²) in [5, 5.41) is 0. The van der Waals surface area contributed by atoms with Crippen molar-refractivity contribution in [1.82, 2.24) is 0 Å². The fourth-order valence-corrected chi connectivity index (χ4v) is 2.84. The molecule has 2 aromatic carbocycles. The molecule has 29 heavy (non-hydrogen) atoms. The third-order valence-corrected chi connectivity index (χ3v) is 4.28. The van der Waals surface area contributed by atoms with Gasteiger partial charge in [-0.3, -0.25) is 0 Å². The molecule has 0 heterocycles. The molecule has 0 spiro atoms. The van der Waals surface area contributed by atoms with Gasteiger partial charge in [0.15, 0.2) is 58.2 Å². The maximum absolute atomic E-state index is 14.3. The van der Waals surface area contributed by atoms with Crippen LogP contribution < -0.4 is 10.9 Å². The lowest BCUT2D eigenvalue weighted by Crippen LogP contribution is -2.52. The predicted molar refractivity (Wildman–Crippen MR) is 86.2 cm³/mol. The number of allylic oxidation sites excluding steroid dienone is 2. The second kappa shape index (κ2) is 8.50. The molecule has 0 saturated carbocycles. The molecule has 0 unspecified atom stereocenters. The van der Waals surface area contributed by atoms with Gasteiger partial charge in [-0.25, -0.2) is 43.9 Å². The van der Waals surface area contributed by atoms with Crippen LogP contribution in [-0.2, 0) is 0 Å². The summed E-state index contributed by atoms with van der Waals surface area (Å²) in [5.41, 5.74) is -3.83. The summed E-state index contributed by atoms with van der Waals surface area (Å²) in [6.07, 6.45) is 1.67. The van der Waals surface area contributed by atoms with Crippen LogP contribution in [0.3, 0.4) is 0 Å². The monoisotopic (exact) mass is 428 g/mol. The van der Waals surface area contributed by atoms with Crippen molar-refractivity contribution in [1.29, 1.82) is 0 Å². The molecule has 2 rings (SSSR count). The number of hydrogen-bond donors (Lipinski definition) is 0. The van der Waals surface area contributed by atoms with Crippen molar-refractivity contribution in [3.8, 4) is 0 Å². The normalized spacial score (nSPS) is 11.9. The Kier molecular flexibility index (Phi) is 6.69. The fourth-order valence-electron chi connectivity index (χ4n) is 2.84. The topological polar surface area (TPSA) is 0 Å². The molecule has 0 atom stereocenters. The first-order valence-electron chi connectivity index (χ1n) is 8.16. The predicted octanol–water partition coefficient (Wildman–Crippen LogP) is 4.97. The molecule has 0 N–H and O–H groups in total. The Hall–Kier alpha value is -2.46. The van der Waals surface area contributed by atoms with Crippen molar-refractivity contribution in [2.75, 3.05) is 0 Å². The van der Waals surface area contributed by atoms with E-state index in [2.05, 4.69) is 0 Å². The van der Waals surface area contributed by atoms with Gasteiger partial charge in [-0.1, -0.05) is 31.8 Å². The third-order valence-electron chi connectivity index (χ3n) is 4.28. The van der Waals surface area contributed by atoms with E-state index in [1.54, 1.807) is 6.92 Å². The minimum atomic E-state index is -2.53. The molecule has 11 heteroatoms. The summed E-state index contributed by atoms with van der Waals surface area (Å²) < 4.78 is 139. The molecule has 0 bridgehead atoms. The molecule has 0 nitrogen and oxygen atoms in total. The van der Waals surface area contributed by atoms with Gasteiger partial charge in [0.2, 0.25) is 0 Å². The van der Waals surface area contributed by atoms with Gasteiger partial charge >= 0.3 is 0 Å². The van der Waals surface area contributed by atoms with Crippen LogP contribution >= 0.6 is 0 Å². The van der Waals surface area contributed by atoms with Gasteiger partial charge in [-0.15, -0.1) is 0 Å². The summed E-state index contributed by atoms with van der Waals surface area (Å²) in [6.45, 7) is 0.183. The van der Waals surface area contributed by atoms with E-state index >= 15 is 0 Å². The van der Waals surface area contributed by atoms with E-state index in [1.165, 1.54) is 0 Å². The first-order valence-corrected chi connectivity index (χ1v) is 8.16. The van der Waals surface area contributed by atoms with Crippen molar-refractivity contribution in [2.45, 2.75) is 26.7 Å². The quantitative estimate of drug-likeness (QED) is 0.273. The van der Waals surface area contributed by atoms with Gasteiger partial charge in [-0.2, -0.15) is 0 Å². The van der Waals surface area contributed by atoms with Gasteiger partial charge < -0.3 is 0 Å². The average molecular weight is 428 g/mol. The Bertz CT molecular complexity index is 872. The lowest BCUT2D eigenvalue weighted by atomic mass is 9.35. The Morgan fingerprint density at radius 3 is 1.14 bits per heavy atom. The van der Waals surface area contributed by atoms with E-state index in [0.29, 0.717) is 6.42 Å². The van der Waals surface area contributed by atoms with Crippen molar-refractivity contribution in [3.05, 3.63) is 69.7 Å². The van der Waals surface area contributed by atoms with Gasteiger partial charge in [0.05, 0.1) is 0 Å². The Labute approximate surface area is 158 Å². The van der Waals surface area contributed by atoms with Crippen LogP contribution in [0.2, 0.25) is 0 Å². The van der Waals surface area contributed by atoms with Gasteiger partial charge in [0.25, 0.3) is 6.71 Å². The molecule has 0 aliphatic rings. The summed E-state index contributed by atoms with van der Waals surface area (Å²) in [6, 6.07) is 0. The first kappa shape index (κ1) is 22.8. The minimum absolute atomic E-state index is 0.132. The summed E-state index contributed by atoms with van der Waals surface area (Å²) >= 11 is 0. The second-order valence-corrected chi connectivity index (χ2v) is 6.14. The highest BCUT2D eigenvalue weighted by Crippen LogP contribution is 2.22. The molecule has 0 aromatic heterocycles. The second-order valence-electron chi connectivity index (χ2n) is 6.14. The average Bonchev–Trinajstić information content (AvgIpc) is 2.70. The maximum atomic E-state index is 14.3. The molecule has 0 saturated heterocycles. The molecule has 156 valence electrons. The van der Waals surface area contributed by atoms with Crippen LogP contribution in [0.4, 0.5) is 43.9 Å². The lowest BCUT2D eigenvalue weighted by Gasteiger charge is -2.20. The van der Waals surface area contributed by atoms with Crippen molar-refractivity contribution in [2.24, 2.45) is 0 Å². The van der Waals surface area contributed by atoms with E-state index in [1.807, 2.05) is 0 Å². The van der Waals surface area contributed by atoms with Gasteiger partial charge in [0, 0.05) is 10.9 Å². The van der Waals surface area contributed by atoms with Gasteiger partial charge in [0.1, 0.15) is 0 Å². The van der Waals surface area contributed by atoms with Crippen molar-refractivity contribution in [3.63, 3.8) is 0 Å². The van der Waals surface area contributed by atoms with Crippen LogP contribution in [0, 0.1) is 58.2 Å². The summed E-state index contributed by atoms with van der Waals surface area (Å²) in [5.74, 6) is -24.5. The van der Waals surface area contributed by atoms with Crippen LogP contribution in [0.5, 0.6) is 0 Å². The number of halogens is 10. The number of hydrogen-bond acceptors (Lipinski definition) is 0. The standard InChI is InChI=1S/C18H11BF10/c1-3-4-5-6(2)19(7-9(20)13(24)17(28)14(25)10(7)21)8-11(22)15(26)18(29)16(27)12(8)23/h5H,3-4H2,1-2H3/b6-5-. The number of unbranched alkanes of at least 4 members (excludes halogenated alkanes) is 1.